The molecule has 5 rings (SSSR count). The van der Waals surface area contributed by atoms with Crippen LogP contribution in [0.4, 0.5) is 4.79 Å². The molecule has 0 unspecified atom stereocenters. The van der Waals surface area contributed by atoms with E-state index in [1.807, 2.05) is 39.9 Å². The number of aromatic nitrogens is 3. The first kappa shape index (κ1) is 17.8. The van der Waals surface area contributed by atoms with Crippen LogP contribution in [0.1, 0.15) is 30.0 Å². The van der Waals surface area contributed by atoms with E-state index in [2.05, 4.69) is 45.7 Å². The molecule has 4 aromatic rings. The Hall–Kier alpha value is -3.28. The molecule has 1 aliphatic heterocycles. The molecular formula is C23H25N5O. The topological polar surface area (TPSA) is 65.4 Å². The molecule has 0 radical (unpaired) electrons. The second-order valence-corrected chi connectivity index (χ2v) is 7.73. The Morgan fingerprint density at radius 2 is 1.97 bits per heavy atom. The summed E-state index contributed by atoms with van der Waals surface area (Å²) in [6, 6.07) is 14.4. The molecule has 2 N–H and O–H groups in total. The van der Waals surface area contributed by atoms with Gasteiger partial charge in [-0.1, -0.05) is 24.3 Å². The van der Waals surface area contributed by atoms with Crippen LogP contribution in [0.5, 0.6) is 0 Å². The number of piperidine rings is 1. The minimum absolute atomic E-state index is 0.0335. The highest BCUT2D eigenvalue weighted by molar-refractivity contribution is 5.83. The second kappa shape index (κ2) is 7.62. The summed E-state index contributed by atoms with van der Waals surface area (Å²) in [4.78, 5) is 22.4. The van der Waals surface area contributed by atoms with E-state index < -0.39 is 0 Å². The summed E-state index contributed by atoms with van der Waals surface area (Å²) < 4.78 is 2.01. The Balaban J connectivity index is 1.13. The molecule has 0 saturated carbocycles. The van der Waals surface area contributed by atoms with Gasteiger partial charge in [-0.15, -0.1) is 0 Å². The fourth-order valence-corrected chi connectivity index (χ4v) is 4.34. The number of hydrogen-bond donors (Lipinski definition) is 2. The average Bonchev–Trinajstić information content (AvgIpc) is 3.37. The molecule has 1 fully saturated rings. The van der Waals surface area contributed by atoms with Crippen molar-refractivity contribution in [1.82, 2.24) is 24.6 Å². The number of benzene rings is 1. The number of imidazole rings is 1. The number of para-hydroxylation sites is 1. The molecule has 1 aliphatic rings. The van der Waals surface area contributed by atoms with E-state index in [-0.39, 0.29) is 6.03 Å². The van der Waals surface area contributed by atoms with E-state index in [9.17, 15) is 4.79 Å². The standard InChI is InChI=1S/C23H25N5O/c29-23(24-11-8-18-16-28-12-4-3-7-22(28)26-18)27-13-9-17(10-14-27)20-15-25-21-6-2-1-5-19(20)21/h1-7,12,15-17,25H,8-11,13-14H2,(H,24,29). The van der Waals surface area contributed by atoms with E-state index in [0.29, 0.717) is 12.5 Å². The van der Waals surface area contributed by atoms with Crippen molar-refractivity contribution in [3.8, 4) is 0 Å². The first-order chi connectivity index (χ1) is 14.3. The number of pyridine rings is 1. The van der Waals surface area contributed by atoms with E-state index in [1.54, 1.807) is 0 Å². The number of carbonyl (C=O) groups is 1. The Kier molecular flexibility index (Phi) is 4.68. The van der Waals surface area contributed by atoms with Gasteiger partial charge in [-0.25, -0.2) is 9.78 Å². The molecule has 0 bridgehead atoms. The van der Waals surface area contributed by atoms with Gasteiger partial charge in [-0.3, -0.25) is 0 Å². The second-order valence-electron chi connectivity index (χ2n) is 7.73. The molecule has 3 aromatic heterocycles. The number of nitrogens with zero attached hydrogens (tertiary/aromatic N) is 3. The van der Waals surface area contributed by atoms with Crippen LogP contribution in [0, 0.1) is 0 Å². The lowest BCUT2D eigenvalue weighted by Gasteiger charge is -2.32. The quantitative estimate of drug-likeness (QED) is 0.557. The fraction of sp³-hybridized carbons (Fsp3) is 0.304. The summed E-state index contributed by atoms with van der Waals surface area (Å²) in [5.74, 6) is 0.508. The molecule has 6 nitrogen and oxygen atoms in total. The third-order valence-corrected chi connectivity index (χ3v) is 5.91. The number of hydrogen-bond acceptors (Lipinski definition) is 2. The van der Waals surface area contributed by atoms with Gasteiger partial charge in [-0.05, 0) is 42.5 Å². The smallest absolute Gasteiger partial charge is 0.317 e. The highest BCUT2D eigenvalue weighted by Crippen LogP contribution is 2.33. The van der Waals surface area contributed by atoms with Gasteiger partial charge in [0.25, 0.3) is 0 Å². The Labute approximate surface area is 169 Å². The summed E-state index contributed by atoms with van der Waals surface area (Å²) in [6.45, 7) is 2.19. The summed E-state index contributed by atoms with van der Waals surface area (Å²) in [5.41, 5.74) is 4.50. The number of H-pyrrole nitrogens is 1. The fourth-order valence-electron chi connectivity index (χ4n) is 4.34. The molecular weight excluding hydrogens is 362 g/mol. The number of aromatic amines is 1. The van der Waals surface area contributed by atoms with Crippen LogP contribution in [0.3, 0.4) is 0 Å². The van der Waals surface area contributed by atoms with Crippen molar-refractivity contribution in [2.45, 2.75) is 25.2 Å². The number of nitrogens with one attached hydrogen (secondary N) is 2. The van der Waals surface area contributed by atoms with Crippen LogP contribution in [0.15, 0.2) is 61.1 Å². The zero-order chi connectivity index (χ0) is 19.6. The van der Waals surface area contributed by atoms with Gasteiger partial charge in [0, 0.05) is 55.5 Å². The molecule has 1 saturated heterocycles. The van der Waals surface area contributed by atoms with Crippen LogP contribution < -0.4 is 5.32 Å². The van der Waals surface area contributed by atoms with Gasteiger partial charge in [-0.2, -0.15) is 0 Å². The third kappa shape index (κ3) is 3.58. The van der Waals surface area contributed by atoms with Crippen LogP contribution in [0.25, 0.3) is 16.6 Å². The summed E-state index contributed by atoms with van der Waals surface area (Å²) in [7, 11) is 0. The largest absolute Gasteiger partial charge is 0.361 e. The zero-order valence-corrected chi connectivity index (χ0v) is 16.3. The molecule has 0 atom stereocenters. The van der Waals surface area contributed by atoms with E-state index in [1.165, 1.54) is 16.5 Å². The Bertz CT molecular complexity index is 1100. The van der Waals surface area contributed by atoms with Crippen LogP contribution >= 0.6 is 0 Å². The number of amides is 2. The van der Waals surface area contributed by atoms with Crippen molar-refractivity contribution in [1.29, 1.82) is 0 Å². The lowest BCUT2D eigenvalue weighted by atomic mass is 9.89. The third-order valence-electron chi connectivity index (χ3n) is 5.91. The molecule has 2 amide bonds. The van der Waals surface area contributed by atoms with Crippen LogP contribution in [-0.4, -0.2) is 44.9 Å². The summed E-state index contributed by atoms with van der Waals surface area (Å²) in [5, 5.41) is 4.36. The van der Waals surface area contributed by atoms with Gasteiger partial charge in [0.05, 0.1) is 5.69 Å². The minimum Gasteiger partial charge on any atom is -0.361 e. The van der Waals surface area contributed by atoms with Crippen molar-refractivity contribution in [2.24, 2.45) is 0 Å². The van der Waals surface area contributed by atoms with Gasteiger partial charge >= 0.3 is 6.03 Å². The summed E-state index contributed by atoms with van der Waals surface area (Å²) >= 11 is 0. The minimum atomic E-state index is 0.0335. The van der Waals surface area contributed by atoms with Crippen molar-refractivity contribution in [3.05, 3.63) is 72.3 Å². The predicted octanol–water partition coefficient (Wildman–Crippen LogP) is 3.95. The summed E-state index contributed by atoms with van der Waals surface area (Å²) in [6.07, 6.45) is 8.89. The first-order valence-electron chi connectivity index (χ1n) is 10.3. The number of carbonyl (C=O) groups excluding carboxylic acids is 1. The molecule has 4 heterocycles. The molecule has 6 heteroatoms. The van der Waals surface area contributed by atoms with Crippen molar-refractivity contribution in [2.75, 3.05) is 19.6 Å². The van der Waals surface area contributed by atoms with Gasteiger partial charge in [0.2, 0.25) is 0 Å². The van der Waals surface area contributed by atoms with Crippen molar-refractivity contribution in [3.63, 3.8) is 0 Å². The molecule has 0 aliphatic carbocycles. The maximum absolute atomic E-state index is 12.5. The van der Waals surface area contributed by atoms with E-state index >= 15 is 0 Å². The maximum Gasteiger partial charge on any atom is 0.317 e. The number of fused-ring (bicyclic) bond motifs is 2. The van der Waals surface area contributed by atoms with Crippen LogP contribution in [-0.2, 0) is 6.42 Å². The Morgan fingerprint density at radius 3 is 2.83 bits per heavy atom. The van der Waals surface area contributed by atoms with Crippen LogP contribution in [0.2, 0.25) is 0 Å². The van der Waals surface area contributed by atoms with Crippen molar-refractivity contribution >= 4 is 22.6 Å². The average molecular weight is 387 g/mol. The molecule has 29 heavy (non-hydrogen) atoms. The molecule has 0 spiro atoms. The first-order valence-corrected chi connectivity index (χ1v) is 10.3. The number of urea groups is 1. The van der Waals surface area contributed by atoms with Crippen molar-refractivity contribution < 1.29 is 4.79 Å². The molecule has 148 valence electrons. The van der Waals surface area contributed by atoms with E-state index in [4.69, 9.17) is 0 Å². The van der Waals surface area contributed by atoms with E-state index in [0.717, 1.165) is 43.7 Å². The lowest BCUT2D eigenvalue weighted by molar-refractivity contribution is 0.181. The molecule has 1 aromatic carbocycles. The number of likely N-dealkylation sites (tertiary alicyclic amines) is 1. The maximum atomic E-state index is 12.5. The number of rotatable bonds is 4. The Morgan fingerprint density at radius 1 is 1.14 bits per heavy atom. The van der Waals surface area contributed by atoms with Gasteiger partial charge in [0.1, 0.15) is 5.65 Å². The predicted molar refractivity (Wildman–Crippen MR) is 114 cm³/mol. The highest BCUT2D eigenvalue weighted by Gasteiger charge is 2.25. The van der Waals surface area contributed by atoms with Gasteiger partial charge in [0.15, 0.2) is 0 Å². The highest BCUT2D eigenvalue weighted by atomic mass is 16.2. The lowest BCUT2D eigenvalue weighted by Crippen LogP contribution is -2.44. The van der Waals surface area contributed by atoms with Gasteiger partial charge < -0.3 is 19.6 Å². The zero-order valence-electron chi connectivity index (χ0n) is 16.3. The monoisotopic (exact) mass is 387 g/mol. The SMILES string of the molecule is O=C(NCCc1cn2ccccc2n1)N1CCC(c2c[nH]c3ccccc23)CC1. The normalized spacial score (nSPS) is 15.2.